The number of morpholine rings is 1. The first-order valence-electron chi connectivity index (χ1n) is 10.2. The van der Waals surface area contributed by atoms with E-state index in [0.29, 0.717) is 18.0 Å². The third kappa shape index (κ3) is 3.56. The monoisotopic (exact) mass is 436 g/mol. The second-order valence-corrected chi connectivity index (χ2v) is 8.81. The molecule has 4 aromatic rings. The van der Waals surface area contributed by atoms with Gasteiger partial charge in [0.2, 0.25) is 0 Å². The van der Waals surface area contributed by atoms with E-state index in [1.807, 2.05) is 18.2 Å². The van der Waals surface area contributed by atoms with Crippen molar-refractivity contribution in [1.82, 2.24) is 14.5 Å². The maximum atomic E-state index is 12.1. The number of pyridine rings is 1. The van der Waals surface area contributed by atoms with Gasteiger partial charge in [-0.2, -0.15) is 0 Å². The van der Waals surface area contributed by atoms with Crippen molar-refractivity contribution in [2.24, 2.45) is 12.8 Å². The van der Waals surface area contributed by atoms with Crippen LogP contribution in [0.1, 0.15) is 26.9 Å². The molecule has 0 aliphatic carbocycles. The molecule has 0 unspecified atom stereocenters. The van der Waals surface area contributed by atoms with Crippen molar-refractivity contribution in [1.29, 1.82) is 0 Å². The van der Waals surface area contributed by atoms with Gasteiger partial charge in [-0.15, -0.1) is 11.3 Å². The van der Waals surface area contributed by atoms with Gasteiger partial charge in [0.1, 0.15) is 15.5 Å². The quantitative estimate of drug-likeness (QED) is 0.518. The van der Waals surface area contributed by atoms with Crippen LogP contribution in [0.2, 0.25) is 0 Å². The largest absolute Gasteiger partial charge is 0.497 e. The standard InChI is InChI=1S/C23H24N4O3S/c1-26-11-14(16-6-5-15(29-2)10-18(16)26)12-27-8-9-30-19(13-27)20-17-4-3-7-25-23(17)31-21(20)22(24)28/h3-7,10-11,19H,8-9,12-13H2,1-2H3,(H2,24,28)/t19-/m1/s1. The Kier molecular flexibility index (Phi) is 5.13. The minimum atomic E-state index is -0.429. The molecule has 4 heterocycles. The Bertz CT molecular complexity index is 1280. The molecule has 1 atom stereocenters. The number of nitrogens with two attached hydrogens (primary N) is 1. The van der Waals surface area contributed by atoms with E-state index in [-0.39, 0.29) is 6.10 Å². The summed E-state index contributed by atoms with van der Waals surface area (Å²) in [5.41, 5.74) is 8.96. The van der Waals surface area contributed by atoms with E-state index in [1.54, 1.807) is 13.3 Å². The van der Waals surface area contributed by atoms with E-state index in [4.69, 9.17) is 15.2 Å². The van der Waals surface area contributed by atoms with Crippen molar-refractivity contribution in [3.05, 3.63) is 58.7 Å². The maximum absolute atomic E-state index is 12.1. The number of hydrogen-bond donors (Lipinski definition) is 1. The zero-order chi connectivity index (χ0) is 21.5. The summed E-state index contributed by atoms with van der Waals surface area (Å²) >= 11 is 1.34. The van der Waals surface area contributed by atoms with Crippen LogP contribution in [0.4, 0.5) is 0 Å². The average molecular weight is 437 g/mol. The Labute approximate surface area is 184 Å². The Balaban J connectivity index is 1.45. The number of fused-ring (bicyclic) bond motifs is 2. The molecule has 1 aliphatic rings. The molecule has 0 radical (unpaired) electrons. The van der Waals surface area contributed by atoms with Crippen LogP contribution < -0.4 is 10.5 Å². The van der Waals surface area contributed by atoms with E-state index in [9.17, 15) is 4.79 Å². The third-order valence-corrected chi connectivity index (χ3v) is 7.02. The number of aromatic nitrogens is 2. The summed E-state index contributed by atoms with van der Waals surface area (Å²) in [5.74, 6) is 0.422. The summed E-state index contributed by atoms with van der Waals surface area (Å²) < 4.78 is 13.6. The highest BCUT2D eigenvalue weighted by atomic mass is 32.1. The first-order chi connectivity index (χ1) is 15.0. The number of hydrogen-bond acceptors (Lipinski definition) is 6. The molecule has 8 heteroatoms. The van der Waals surface area contributed by atoms with Gasteiger partial charge in [-0.3, -0.25) is 9.69 Å². The normalized spacial score (nSPS) is 17.4. The molecule has 1 saturated heterocycles. The van der Waals surface area contributed by atoms with Crippen molar-refractivity contribution in [2.45, 2.75) is 12.6 Å². The lowest BCUT2D eigenvalue weighted by Gasteiger charge is -2.33. The molecule has 0 bridgehead atoms. The number of benzene rings is 1. The van der Waals surface area contributed by atoms with E-state index in [1.165, 1.54) is 22.3 Å². The molecule has 31 heavy (non-hydrogen) atoms. The lowest BCUT2D eigenvalue weighted by atomic mass is 10.0. The average Bonchev–Trinajstić information content (AvgIpc) is 3.32. The van der Waals surface area contributed by atoms with Crippen LogP contribution in [0.3, 0.4) is 0 Å². The van der Waals surface area contributed by atoms with Crippen LogP contribution in [0.15, 0.2) is 42.7 Å². The number of carbonyl (C=O) groups excluding carboxylic acids is 1. The Morgan fingerprint density at radius 1 is 1.35 bits per heavy atom. The van der Waals surface area contributed by atoms with Crippen LogP contribution in [-0.4, -0.2) is 47.2 Å². The van der Waals surface area contributed by atoms with Crippen LogP contribution in [0.5, 0.6) is 5.75 Å². The number of aryl methyl sites for hydroxylation is 1. The van der Waals surface area contributed by atoms with Crippen molar-refractivity contribution in [2.75, 3.05) is 26.8 Å². The van der Waals surface area contributed by atoms with Crippen molar-refractivity contribution in [3.8, 4) is 5.75 Å². The molecule has 0 spiro atoms. The number of primary amides is 1. The lowest BCUT2D eigenvalue weighted by Crippen LogP contribution is -2.38. The highest BCUT2D eigenvalue weighted by molar-refractivity contribution is 7.20. The minimum absolute atomic E-state index is 0.218. The molecule has 1 amide bonds. The fourth-order valence-corrected chi connectivity index (χ4v) is 5.46. The molecule has 0 saturated carbocycles. The first-order valence-corrected chi connectivity index (χ1v) is 11.0. The van der Waals surface area contributed by atoms with E-state index >= 15 is 0 Å². The summed E-state index contributed by atoms with van der Waals surface area (Å²) in [4.78, 5) is 20.3. The molecule has 3 aromatic heterocycles. The summed E-state index contributed by atoms with van der Waals surface area (Å²) in [6, 6.07) is 10.0. The summed E-state index contributed by atoms with van der Waals surface area (Å²) in [6.07, 6.45) is 3.69. The van der Waals surface area contributed by atoms with Gasteiger partial charge in [-0.05, 0) is 23.8 Å². The predicted molar refractivity (Wildman–Crippen MR) is 122 cm³/mol. The van der Waals surface area contributed by atoms with Crippen LogP contribution >= 0.6 is 11.3 Å². The van der Waals surface area contributed by atoms with Gasteiger partial charge in [-0.25, -0.2) is 4.98 Å². The third-order valence-electron chi connectivity index (χ3n) is 5.88. The van der Waals surface area contributed by atoms with Gasteiger partial charge >= 0.3 is 0 Å². The molecule has 1 fully saturated rings. The van der Waals surface area contributed by atoms with E-state index in [2.05, 4.69) is 39.8 Å². The molecule has 160 valence electrons. The topological polar surface area (TPSA) is 82.6 Å². The van der Waals surface area contributed by atoms with Crippen molar-refractivity contribution in [3.63, 3.8) is 0 Å². The number of thiophene rings is 1. The molecule has 1 aliphatic heterocycles. The summed E-state index contributed by atoms with van der Waals surface area (Å²) in [6.45, 7) is 2.91. The molecule has 7 nitrogen and oxygen atoms in total. The van der Waals surface area contributed by atoms with Crippen molar-refractivity contribution >= 4 is 38.4 Å². The second-order valence-electron chi connectivity index (χ2n) is 7.81. The number of methoxy groups -OCH3 is 1. The summed E-state index contributed by atoms with van der Waals surface area (Å²) in [7, 11) is 3.74. The van der Waals surface area contributed by atoms with Crippen molar-refractivity contribution < 1.29 is 14.3 Å². The molecular formula is C23H24N4O3S. The Morgan fingerprint density at radius 2 is 2.23 bits per heavy atom. The fourth-order valence-electron chi connectivity index (χ4n) is 4.42. The number of carbonyl (C=O) groups is 1. The van der Waals surface area contributed by atoms with Gasteiger partial charge in [-0.1, -0.05) is 6.07 Å². The lowest BCUT2D eigenvalue weighted by molar-refractivity contribution is -0.0321. The second kappa shape index (κ2) is 7.96. The number of amides is 1. The summed E-state index contributed by atoms with van der Waals surface area (Å²) in [5, 5.41) is 2.17. The van der Waals surface area contributed by atoms with Gasteiger partial charge in [0.25, 0.3) is 5.91 Å². The minimum Gasteiger partial charge on any atom is -0.497 e. The van der Waals surface area contributed by atoms with Crippen LogP contribution in [0, 0.1) is 0 Å². The van der Waals surface area contributed by atoms with Gasteiger partial charge in [0, 0.05) is 61.5 Å². The van der Waals surface area contributed by atoms with E-state index in [0.717, 1.165) is 40.1 Å². The zero-order valence-electron chi connectivity index (χ0n) is 17.5. The molecule has 5 rings (SSSR count). The smallest absolute Gasteiger partial charge is 0.259 e. The van der Waals surface area contributed by atoms with Gasteiger partial charge < -0.3 is 19.8 Å². The Hall–Kier alpha value is -2.94. The molecular weight excluding hydrogens is 412 g/mol. The zero-order valence-corrected chi connectivity index (χ0v) is 18.3. The predicted octanol–water partition coefficient (Wildman–Crippen LogP) is 3.47. The highest BCUT2D eigenvalue weighted by Crippen LogP contribution is 2.37. The Morgan fingerprint density at radius 3 is 3.03 bits per heavy atom. The highest BCUT2D eigenvalue weighted by Gasteiger charge is 2.29. The van der Waals surface area contributed by atoms with Gasteiger partial charge in [0.15, 0.2) is 0 Å². The maximum Gasteiger partial charge on any atom is 0.259 e. The number of ether oxygens (including phenoxy) is 2. The number of rotatable bonds is 5. The van der Waals surface area contributed by atoms with Crippen LogP contribution in [-0.2, 0) is 18.3 Å². The SMILES string of the molecule is COc1ccc2c(CN3CCO[C@@H](c4c(C(N)=O)sc5ncccc45)C3)cn(C)c2c1. The van der Waals surface area contributed by atoms with Gasteiger partial charge in [0.05, 0.1) is 25.3 Å². The first kappa shape index (κ1) is 20.0. The van der Waals surface area contributed by atoms with E-state index < -0.39 is 5.91 Å². The molecule has 2 N–H and O–H groups in total. The fraction of sp³-hybridized carbons (Fsp3) is 0.304. The number of nitrogens with zero attached hydrogens (tertiary/aromatic N) is 3. The molecule has 1 aromatic carbocycles. The van der Waals surface area contributed by atoms with Crippen LogP contribution in [0.25, 0.3) is 21.1 Å².